The maximum Gasteiger partial charge on any atom is 0.300 e. The lowest BCUT2D eigenvalue weighted by Gasteiger charge is -2.26. The number of hydrogen-bond donors (Lipinski definition) is 2. The Morgan fingerprint density at radius 1 is 0.941 bits per heavy atom. The van der Waals surface area contributed by atoms with Gasteiger partial charge in [0.25, 0.3) is 11.7 Å². The molecule has 6 heteroatoms. The van der Waals surface area contributed by atoms with Crippen LogP contribution in [-0.4, -0.2) is 29.0 Å². The summed E-state index contributed by atoms with van der Waals surface area (Å²) >= 11 is 0. The first-order valence-corrected chi connectivity index (χ1v) is 11.0. The minimum absolute atomic E-state index is 0.00406. The van der Waals surface area contributed by atoms with Gasteiger partial charge >= 0.3 is 0 Å². The highest BCUT2D eigenvalue weighted by Crippen LogP contribution is 2.43. The molecule has 0 aromatic heterocycles. The molecule has 0 spiro atoms. The second kappa shape index (κ2) is 8.71. The number of amides is 1. The van der Waals surface area contributed by atoms with Gasteiger partial charge in [0.1, 0.15) is 17.3 Å². The van der Waals surface area contributed by atoms with E-state index in [1.807, 2.05) is 26.8 Å². The van der Waals surface area contributed by atoms with Gasteiger partial charge in [-0.2, -0.15) is 0 Å². The number of anilines is 1. The van der Waals surface area contributed by atoms with Crippen molar-refractivity contribution in [3.63, 3.8) is 0 Å². The van der Waals surface area contributed by atoms with Crippen LogP contribution in [0.15, 0.2) is 78.4 Å². The number of carbonyl (C=O) groups is 2. The third-order valence-corrected chi connectivity index (χ3v) is 5.95. The van der Waals surface area contributed by atoms with E-state index >= 15 is 0 Å². The Morgan fingerprint density at radius 3 is 2.26 bits per heavy atom. The summed E-state index contributed by atoms with van der Waals surface area (Å²) in [6, 6.07) is 19.5. The van der Waals surface area contributed by atoms with Crippen LogP contribution in [-0.2, 0) is 15.0 Å². The number of aliphatic hydroxyl groups is 1. The summed E-state index contributed by atoms with van der Waals surface area (Å²) in [4.78, 5) is 27.8. The first-order valence-electron chi connectivity index (χ1n) is 11.0. The van der Waals surface area contributed by atoms with Gasteiger partial charge in [0.05, 0.1) is 18.7 Å². The van der Waals surface area contributed by atoms with E-state index in [9.17, 15) is 19.8 Å². The Labute approximate surface area is 198 Å². The predicted octanol–water partition coefficient (Wildman–Crippen LogP) is 5.32. The zero-order valence-electron chi connectivity index (χ0n) is 19.6. The van der Waals surface area contributed by atoms with E-state index in [2.05, 4.69) is 0 Å². The molecule has 0 saturated carbocycles. The van der Waals surface area contributed by atoms with Gasteiger partial charge < -0.3 is 14.9 Å². The van der Waals surface area contributed by atoms with Crippen LogP contribution in [0, 0.1) is 0 Å². The molecule has 4 rings (SSSR count). The molecule has 3 aromatic rings. The maximum atomic E-state index is 13.3. The number of methoxy groups -OCH3 is 1. The molecule has 1 atom stereocenters. The Bertz CT molecular complexity index is 1290. The second-order valence-corrected chi connectivity index (χ2v) is 9.26. The third-order valence-electron chi connectivity index (χ3n) is 5.95. The van der Waals surface area contributed by atoms with Crippen LogP contribution in [0.4, 0.5) is 5.69 Å². The number of para-hydroxylation sites is 1. The van der Waals surface area contributed by atoms with Crippen molar-refractivity contribution in [3.8, 4) is 11.5 Å². The molecule has 0 bridgehead atoms. The van der Waals surface area contributed by atoms with E-state index in [4.69, 9.17) is 4.74 Å². The van der Waals surface area contributed by atoms with Crippen LogP contribution < -0.4 is 9.64 Å². The molecule has 1 fully saturated rings. The van der Waals surface area contributed by atoms with E-state index in [-0.39, 0.29) is 22.5 Å². The first kappa shape index (κ1) is 23.1. The van der Waals surface area contributed by atoms with E-state index in [1.165, 1.54) is 17.0 Å². The zero-order valence-corrected chi connectivity index (χ0v) is 19.6. The van der Waals surface area contributed by atoms with Gasteiger partial charge in [0, 0.05) is 16.8 Å². The smallest absolute Gasteiger partial charge is 0.300 e. The normalized spacial score (nSPS) is 17.8. The summed E-state index contributed by atoms with van der Waals surface area (Å²) in [6.45, 7) is 6.07. The Balaban J connectivity index is 1.96. The number of Topliss-reactive ketones (excluding diaryl/α,β-unsaturated/α-hetero) is 1. The van der Waals surface area contributed by atoms with Crippen molar-refractivity contribution in [2.75, 3.05) is 12.0 Å². The SMILES string of the molecule is COc1ccc(/C(O)=C2/C(=O)C(=O)N(c3ccccc3)C2c2cccc(O)c2)cc1C(C)(C)C. The molecule has 6 nitrogen and oxygen atoms in total. The van der Waals surface area contributed by atoms with Crippen LogP contribution in [0.5, 0.6) is 11.5 Å². The highest BCUT2D eigenvalue weighted by Gasteiger charge is 2.47. The Morgan fingerprint density at radius 2 is 1.65 bits per heavy atom. The van der Waals surface area contributed by atoms with Crippen LogP contribution >= 0.6 is 0 Å². The van der Waals surface area contributed by atoms with Crippen molar-refractivity contribution < 1.29 is 24.5 Å². The summed E-state index contributed by atoms with van der Waals surface area (Å²) < 4.78 is 5.49. The molecule has 1 heterocycles. The lowest BCUT2D eigenvalue weighted by Crippen LogP contribution is -2.29. The molecule has 1 unspecified atom stereocenters. The van der Waals surface area contributed by atoms with Gasteiger partial charge in [-0.15, -0.1) is 0 Å². The van der Waals surface area contributed by atoms with Crippen molar-refractivity contribution >= 4 is 23.1 Å². The molecular weight excluding hydrogens is 430 g/mol. The molecule has 3 aromatic carbocycles. The van der Waals surface area contributed by atoms with Crippen LogP contribution in [0.3, 0.4) is 0 Å². The average Bonchev–Trinajstić information content (AvgIpc) is 3.08. The average molecular weight is 458 g/mol. The fourth-order valence-corrected chi connectivity index (χ4v) is 4.29. The summed E-state index contributed by atoms with van der Waals surface area (Å²) in [5, 5.41) is 21.5. The van der Waals surface area contributed by atoms with Crippen molar-refractivity contribution in [1.29, 1.82) is 0 Å². The molecule has 0 radical (unpaired) electrons. The van der Waals surface area contributed by atoms with Crippen molar-refractivity contribution in [2.45, 2.75) is 32.2 Å². The minimum Gasteiger partial charge on any atom is -0.508 e. The van der Waals surface area contributed by atoms with Crippen LogP contribution in [0.1, 0.15) is 43.5 Å². The number of phenolic OH excluding ortho intramolecular Hbond substituents is 1. The van der Waals surface area contributed by atoms with Gasteiger partial charge in [-0.05, 0) is 53.4 Å². The first-order chi connectivity index (χ1) is 16.1. The van der Waals surface area contributed by atoms with Gasteiger partial charge in [-0.25, -0.2) is 0 Å². The number of ether oxygens (including phenoxy) is 1. The second-order valence-electron chi connectivity index (χ2n) is 9.26. The molecule has 1 aliphatic heterocycles. The van der Waals surface area contributed by atoms with Crippen molar-refractivity contribution in [2.24, 2.45) is 0 Å². The Kier molecular flexibility index (Phi) is 5.92. The monoisotopic (exact) mass is 457 g/mol. The van der Waals surface area contributed by atoms with E-state index in [1.54, 1.807) is 61.7 Å². The quantitative estimate of drug-likeness (QED) is 0.314. The third kappa shape index (κ3) is 4.03. The molecular formula is C28H27NO5. The summed E-state index contributed by atoms with van der Waals surface area (Å²) in [7, 11) is 1.58. The molecule has 1 amide bonds. The van der Waals surface area contributed by atoms with Crippen molar-refractivity contribution in [3.05, 3.63) is 95.1 Å². The lowest BCUT2D eigenvalue weighted by atomic mass is 9.84. The molecule has 2 N–H and O–H groups in total. The maximum absolute atomic E-state index is 13.3. The lowest BCUT2D eigenvalue weighted by molar-refractivity contribution is -0.132. The topological polar surface area (TPSA) is 87.1 Å². The van der Waals surface area contributed by atoms with Crippen molar-refractivity contribution in [1.82, 2.24) is 0 Å². The number of carbonyl (C=O) groups excluding carboxylic acids is 2. The largest absolute Gasteiger partial charge is 0.508 e. The van der Waals surface area contributed by atoms with Gasteiger partial charge in [-0.1, -0.05) is 51.1 Å². The number of ketones is 1. The molecule has 34 heavy (non-hydrogen) atoms. The number of nitrogens with zero attached hydrogens (tertiary/aromatic N) is 1. The van der Waals surface area contributed by atoms with Gasteiger partial charge in [0.15, 0.2) is 0 Å². The fraction of sp³-hybridized carbons (Fsp3) is 0.214. The van der Waals surface area contributed by atoms with E-state index in [0.29, 0.717) is 22.6 Å². The molecule has 0 aliphatic carbocycles. The summed E-state index contributed by atoms with van der Waals surface area (Å²) in [5.74, 6) is -1.15. The minimum atomic E-state index is -0.908. The highest BCUT2D eigenvalue weighted by molar-refractivity contribution is 6.51. The van der Waals surface area contributed by atoms with Crippen LogP contribution in [0.2, 0.25) is 0 Å². The number of benzene rings is 3. The van der Waals surface area contributed by atoms with E-state index < -0.39 is 17.7 Å². The number of aromatic hydroxyl groups is 1. The van der Waals surface area contributed by atoms with Gasteiger partial charge in [0.2, 0.25) is 0 Å². The number of rotatable bonds is 4. The molecule has 1 aliphatic rings. The standard InChI is InChI=1S/C28H27NO5/c1-28(2,3)21-16-18(13-14-22(21)34-4)25(31)23-24(17-9-8-12-20(30)15-17)29(27(33)26(23)32)19-10-6-5-7-11-19/h5-16,24,30-31H,1-4H3/b25-23-. The van der Waals surface area contributed by atoms with E-state index in [0.717, 1.165) is 5.56 Å². The molecule has 1 saturated heterocycles. The number of phenols is 1. The van der Waals surface area contributed by atoms with Gasteiger partial charge in [-0.3, -0.25) is 14.5 Å². The number of hydrogen-bond acceptors (Lipinski definition) is 5. The fourth-order valence-electron chi connectivity index (χ4n) is 4.29. The highest BCUT2D eigenvalue weighted by atomic mass is 16.5. The van der Waals surface area contributed by atoms with Crippen LogP contribution in [0.25, 0.3) is 5.76 Å². The Hall–Kier alpha value is -4.06. The predicted molar refractivity (Wildman–Crippen MR) is 131 cm³/mol. The summed E-state index contributed by atoms with van der Waals surface area (Å²) in [6.07, 6.45) is 0. The zero-order chi connectivity index (χ0) is 24.6. The number of aliphatic hydroxyl groups excluding tert-OH is 1. The molecule has 174 valence electrons. The summed E-state index contributed by atoms with van der Waals surface area (Å²) in [5.41, 5.74) is 1.95.